The molecule has 0 fully saturated rings. The molecule has 0 aliphatic carbocycles. The molecule has 1 N–H and O–H groups in total. The first-order valence-corrected chi connectivity index (χ1v) is 5.82. The Morgan fingerprint density at radius 3 is 2.46 bits per heavy atom. The summed E-state index contributed by atoms with van der Waals surface area (Å²) in [6, 6.07) is 0. The van der Waals surface area contributed by atoms with Gasteiger partial charge in [0.1, 0.15) is 0 Å². The van der Waals surface area contributed by atoms with E-state index in [9.17, 15) is 4.79 Å². The monoisotopic (exact) mass is 248 g/mol. The van der Waals surface area contributed by atoms with Crippen molar-refractivity contribution in [2.75, 3.05) is 5.33 Å². The third kappa shape index (κ3) is 11.7. The van der Waals surface area contributed by atoms with Gasteiger partial charge in [-0.3, -0.25) is 4.79 Å². The normalized spacial score (nSPS) is 10.8. The zero-order chi connectivity index (χ0) is 9.94. The van der Waals surface area contributed by atoms with E-state index in [0.29, 0.717) is 6.42 Å². The number of carboxylic acid groups (broad SMARTS) is 1. The van der Waals surface area contributed by atoms with E-state index < -0.39 is 5.97 Å². The van der Waals surface area contributed by atoms with Crippen LogP contribution in [0.4, 0.5) is 0 Å². The van der Waals surface area contributed by atoms with Crippen molar-refractivity contribution in [1.29, 1.82) is 0 Å². The number of unbranched alkanes of at least 4 members (excludes halogenated alkanes) is 3. The Hall–Kier alpha value is -0.310. The predicted octanol–water partition coefficient (Wildman–Crippen LogP) is 3.36. The second-order valence-corrected chi connectivity index (χ2v) is 3.74. The van der Waals surface area contributed by atoms with E-state index in [0.717, 1.165) is 37.4 Å². The average Bonchev–Trinajstić information content (AvgIpc) is 2.09. The molecule has 0 aromatic heterocycles. The van der Waals surface area contributed by atoms with Crippen molar-refractivity contribution in [2.24, 2.45) is 0 Å². The SMILES string of the molecule is O=C(O)CCCCC/C=C/CCBr. The molecular weight excluding hydrogens is 232 g/mol. The summed E-state index contributed by atoms with van der Waals surface area (Å²) >= 11 is 3.34. The third-order valence-corrected chi connectivity index (χ3v) is 2.16. The van der Waals surface area contributed by atoms with Gasteiger partial charge in [-0.2, -0.15) is 0 Å². The number of halogens is 1. The Labute approximate surface area is 88.2 Å². The maximum Gasteiger partial charge on any atom is 0.303 e. The first-order valence-electron chi connectivity index (χ1n) is 4.70. The number of alkyl halides is 1. The van der Waals surface area contributed by atoms with E-state index >= 15 is 0 Å². The van der Waals surface area contributed by atoms with Gasteiger partial charge < -0.3 is 5.11 Å². The molecule has 0 aromatic carbocycles. The first kappa shape index (κ1) is 12.7. The van der Waals surface area contributed by atoms with Crippen molar-refractivity contribution in [3.8, 4) is 0 Å². The Morgan fingerprint density at radius 2 is 1.85 bits per heavy atom. The highest BCUT2D eigenvalue weighted by molar-refractivity contribution is 9.09. The summed E-state index contributed by atoms with van der Waals surface area (Å²) in [4.78, 5) is 10.2. The van der Waals surface area contributed by atoms with Crippen LogP contribution in [0.15, 0.2) is 12.2 Å². The molecule has 0 aliphatic heterocycles. The minimum atomic E-state index is -0.685. The lowest BCUT2D eigenvalue weighted by molar-refractivity contribution is -0.137. The number of allylic oxidation sites excluding steroid dienone is 2. The van der Waals surface area contributed by atoms with Gasteiger partial charge in [0, 0.05) is 11.8 Å². The van der Waals surface area contributed by atoms with Crippen LogP contribution in [0, 0.1) is 0 Å². The van der Waals surface area contributed by atoms with Crippen LogP contribution in [0.2, 0.25) is 0 Å². The largest absolute Gasteiger partial charge is 0.481 e. The Morgan fingerprint density at radius 1 is 1.15 bits per heavy atom. The zero-order valence-corrected chi connectivity index (χ0v) is 9.42. The van der Waals surface area contributed by atoms with Gasteiger partial charge in [-0.25, -0.2) is 0 Å². The smallest absolute Gasteiger partial charge is 0.303 e. The van der Waals surface area contributed by atoms with Crippen LogP contribution < -0.4 is 0 Å². The van der Waals surface area contributed by atoms with Gasteiger partial charge in [0.15, 0.2) is 0 Å². The Bertz CT molecular complexity index is 155. The molecule has 0 atom stereocenters. The van der Waals surface area contributed by atoms with Crippen LogP contribution in [-0.2, 0) is 4.79 Å². The van der Waals surface area contributed by atoms with E-state index in [4.69, 9.17) is 5.11 Å². The van der Waals surface area contributed by atoms with E-state index in [1.54, 1.807) is 0 Å². The molecule has 0 aromatic rings. The van der Waals surface area contributed by atoms with E-state index in [1.807, 2.05) is 0 Å². The maximum atomic E-state index is 10.2. The van der Waals surface area contributed by atoms with Crippen LogP contribution in [0.25, 0.3) is 0 Å². The van der Waals surface area contributed by atoms with E-state index in [1.165, 1.54) is 0 Å². The second kappa shape index (κ2) is 9.78. The predicted molar refractivity (Wildman–Crippen MR) is 58.3 cm³/mol. The summed E-state index contributed by atoms with van der Waals surface area (Å²) in [5.41, 5.74) is 0. The van der Waals surface area contributed by atoms with Crippen molar-refractivity contribution >= 4 is 21.9 Å². The molecule has 76 valence electrons. The van der Waals surface area contributed by atoms with Gasteiger partial charge in [0.2, 0.25) is 0 Å². The van der Waals surface area contributed by atoms with Crippen LogP contribution in [0.1, 0.15) is 38.5 Å². The van der Waals surface area contributed by atoms with Crippen molar-refractivity contribution in [2.45, 2.75) is 38.5 Å². The van der Waals surface area contributed by atoms with Crippen molar-refractivity contribution in [1.82, 2.24) is 0 Å². The summed E-state index contributed by atoms with van der Waals surface area (Å²) in [6.45, 7) is 0. The van der Waals surface area contributed by atoms with E-state index in [2.05, 4.69) is 28.1 Å². The molecule has 13 heavy (non-hydrogen) atoms. The molecule has 0 bridgehead atoms. The fraction of sp³-hybridized carbons (Fsp3) is 0.700. The number of carbonyl (C=O) groups is 1. The van der Waals surface area contributed by atoms with Gasteiger partial charge in [-0.05, 0) is 25.7 Å². The number of rotatable bonds is 8. The van der Waals surface area contributed by atoms with Crippen LogP contribution in [0.3, 0.4) is 0 Å². The van der Waals surface area contributed by atoms with Gasteiger partial charge in [0.25, 0.3) is 0 Å². The highest BCUT2D eigenvalue weighted by Crippen LogP contribution is 2.04. The zero-order valence-electron chi connectivity index (χ0n) is 7.84. The highest BCUT2D eigenvalue weighted by Gasteiger charge is 1.94. The van der Waals surface area contributed by atoms with E-state index in [-0.39, 0.29) is 0 Å². The minimum absolute atomic E-state index is 0.311. The summed E-state index contributed by atoms with van der Waals surface area (Å²) in [7, 11) is 0. The lowest BCUT2D eigenvalue weighted by Crippen LogP contribution is -1.93. The molecule has 0 saturated heterocycles. The van der Waals surface area contributed by atoms with Crippen molar-refractivity contribution < 1.29 is 9.90 Å². The van der Waals surface area contributed by atoms with Crippen LogP contribution in [0.5, 0.6) is 0 Å². The third-order valence-electron chi connectivity index (χ3n) is 1.70. The molecule has 0 rings (SSSR count). The molecule has 0 radical (unpaired) electrons. The van der Waals surface area contributed by atoms with Gasteiger partial charge in [0.05, 0.1) is 0 Å². The molecule has 0 heterocycles. The first-order chi connectivity index (χ1) is 6.27. The fourth-order valence-corrected chi connectivity index (χ4v) is 1.28. The van der Waals surface area contributed by atoms with Crippen LogP contribution in [-0.4, -0.2) is 16.4 Å². The molecular formula is C10H17BrO2. The molecule has 0 amide bonds. The standard InChI is InChI=1S/C10H17BrO2/c11-9-7-5-3-1-2-4-6-8-10(12)13/h3,5H,1-2,4,6-9H2,(H,12,13)/b5-3+. The van der Waals surface area contributed by atoms with Crippen LogP contribution >= 0.6 is 15.9 Å². The Kier molecular flexibility index (Phi) is 9.54. The topological polar surface area (TPSA) is 37.3 Å². The summed E-state index contributed by atoms with van der Waals surface area (Å²) in [6.07, 6.45) is 9.72. The molecule has 0 saturated carbocycles. The highest BCUT2D eigenvalue weighted by atomic mass is 79.9. The Balaban J connectivity index is 3.03. The molecule has 3 heteroatoms. The molecule has 0 aliphatic rings. The lowest BCUT2D eigenvalue weighted by Gasteiger charge is -1.94. The average molecular weight is 249 g/mol. The van der Waals surface area contributed by atoms with Gasteiger partial charge in [-0.15, -0.1) is 0 Å². The quantitative estimate of drug-likeness (QED) is 0.407. The lowest BCUT2D eigenvalue weighted by atomic mass is 10.1. The number of hydrogen-bond acceptors (Lipinski definition) is 1. The summed E-state index contributed by atoms with van der Waals surface area (Å²) < 4.78 is 0. The van der Waals surface area contributed by atoms with Crippen molar-refractivity contribution in [3.63, 3.8) is 0 Å². The summed E-state index contributed by atoms with van der Waals surface area (Å²) in [5, 5.41) is 9.38. The molecule has 0 unspecified atom stereocenters. The van der Waals surface area contributed by atoms with Gasteiger partial charge in [-0.1, -0.05) is 34.5 Å². The molecule has 2 nitrogen and oxygen atoms in total. The summed E-state index contributed by atoms with van der Waals surface area (Å²) in [5.74, 6) is -0.685. The fourth-order valence-electron chi connectivity index (χ4n) is 1.01. The minimum Gasteiger partial charge on any atom is -0.481 e. The van der Waals surface area contributed by atoms with Gasteiger partial charge >= 0.3 is 5.97 Å². The maximum absolute atomic E-state index is 10.2. The second-order valence-electron chi connectivity index (χ2n) is 2.94. The number of hydrogen-bond donors (Lipinski definition) is 1. The molecule has 0 spiro atoms. The number of carboxylic acids is 1. The van der Waals surface area contributed by atoms with Crippen molar-refractivity contribution in [3.05, 3.63) is 12.2 Å². The number of aliphatic carboxylic acids is 1.